The standard InChI is InChI=1S/C11H18N2O5S/c14-10(15)7-13(9-1-2-9)11(16)12-8-3-5-19(17,18)6-4-8/h8-9H,1-7H2,(H,12,16)(H,14,15). The van der Waals surface area contributed by atoms with Gasteiger partial charge in [0.05, 0.1) is 11.5 Å². The van der Waals surface area contributed by atoms with Crippen molar-refractivity contribution in [3.63, 3.8) is 0 Å². The Hall–Kier alpha value is -1.31. The van der Waals surface area contributed by atoms with Crippen LogP contribution in [0.2, 0.25) is 0 Å². The number of carboxylic acid groups (broad SMARTS) is 1. The quantitative estimate of drug-likeness (QED) is 0.747. The maximum absolute atomic E-state index is 12.0. The highest BCUT2D eigenvalue weighted by atomic mass is 32.2. The SMILES string of the molecule is O=C(O)CN(C(=O)NC1CCS(=O)(=O)CC1)C1CC1. The van der Waals surface area contributed by atoms with Gasteiger partial charge >= 0.3 is 12.0 Å². The van der Waals surface area contributed by atoms with E-state index in [0.29, 0.717) is 12.8 Å². The predicted octanol–water partition coefficient (Wildman–Crippen LogP) is -0.178. The van der Waals surface area contributed by atoms with Crippen LogP contribution in [-0.4, -0.2) is 60.6 Å². The number of carboxylic acids is 1. The van der Waals surface area contributed by atoms with E-state index in [-0.39, 0.29) is 30.1 Å². The summed E-state index contributed by atoms with van der Waals surface area (Å²) in [5, 5.41) is 11.5. The van der Waals surface area contributed by atoms with E-state index >= 15 is 0 Å². The summed E-state index contributed by atoms with van der Waals surface area (Å²) in [5.74, 6) is -0.867. The monoisotopic (exact) mass is 290 g/mol. The van der Waals surface area contributed by atoms with Crippen LogP contribution < -0.4 is 5.32 Å². The fourth-order valence-electron chi connectivity index (χ4n) is 2.19. The Bertz CT molecular complexity index is 457. The van der Waals surface area contributed by atoms with Crippen LogP contribution in [0, 0.1) is 0 Å². The number of nitrogens with zero attached hydrogens (tertiary/aromatic N) is 1. The first-order valence-electron chi connectivity index (χ1n) is 6.37. The largest absolute Gasteiger partial charge is 0.480 e. The number of carbonyl (C=O) groups is 2. The lowest BCUT2D eigenvalue weighted by Crippen LogP contribution is -2.49. The van der Waals surface area contributed by atoms with Gasteiger partial charge in [-0.05, 0) is 25.7 Å². The number of sulfone groups is 1. The molecule has 7 nitrogen and oxygen atoms in total. The molecule has 0 atom stereocenters. The normalized spacial score (nSPS) is 22.7. The summed E-state index contributed by atoms with van der Waals surface area (Å²) in [5.41, 5.74) is 0. The fourth-order valence-corrected chi connectivity index (χ4v) is 3.68. The molecular formula is C11H18N2O5S. The minimum Gasteiger partial charge on any atom is -0.480 e. The van der Waals surface area contributed by atoms with Crippen molar-refractivity contribution in [2.75, 3.05) is 18.1 Å². The summed E-state index contributed by atoms with van der Waals surface area (Å²) in [6.45, 7) is -0.304. The van der Waals surface area contributed by atoms with E-state index in [1.165, 1.54) is 4.90 Å². The molecule has 0 bridgehead atoms. The van der Waals surface area contributed by atoms with Crippen molar-refractivity contribution in [3.05, 3.63) is 0 Å². The molecule has 2 aliphatic rings. The van der Waals surface area contributed by atoms with Crippen molar-refractivity contribution < 1.29 is 23.1 Å². The minimum atomic E-state index is -2.95. The molecule has 1 aliphatic carbocycles. The number of urea groups is 1. The maximum Gasteiger partial charge on any atom is 0.323 e. The van der Waals surface area contributed by atoms with Crippen LogP contribution in [-0.2, 0) is 14.6 Å². The number of nitrogens with one attached hydrogen (secondary N) is 1. The number of hydrogen-bond acceptors (Lipinski definition) is 4. The van der Waals surface area contributed by atoms with Crippen molar-refractivity contribution in [2.24, 2.45) is 0 Å². The fraction of sp³-hybridized carbons (Fsp3) is 0.818. The Kier molecular flexibility index (Phi) is 3.98. The lowest BCUT2D eigenvalue weighted by atomic mass is 10.1. The van der Waals surface area contributed by atoms with Crippen molar-refractivity contribution in [1.29, 1.82) is 0 Å². The van der Waals surface area contributed by atoms with Crippen LogP contribution in [0.1, 0.15) is 25.7 Å². The van der Waals surface area contributed by atoms with Crippen LogP contribution in [0.5, 0.6) is 0 Å². The summed E-state index contributed by atoms with van der Waals surface area (Å²) >= 11 is 0. The maximum atomic E-state index is 12.0. The Labute approximate surface area is 111 Å². The van der Waals surface area contributed by atoms with Crippen LogP contribution in [0.3, 0.4) is 0 Å². The molecule has 0 unspecified atom stereocenters. The van der Waals surface area contributed by atoms with E-state index in [4.69, 9.17) is 5.11 Å². The van der Waals surface area contributed by atoms with Gasteiger partial charge < -0.3 is 15.3 Å². The highest BCUT2D eigenvalue weighted by molar-refractivity contribution is 7.91. The highest BCUT2D eigenvalue weighted by Crippen LogP contribution is 2.26. The second kappa shape index (κ2) is 5.36. The van der Waals surface area contributed by atoms with Gasteiger partial charge in [-0.3, -0.25) is 4.79 Å². The van der Waals surface area contributed by atoms with E-state index in [1.807, 2.05) is 0 Å². The number of carbonyl (C=O) groups excluding carboxylic acids is 1. The lowest BCUT2D eigenvalue weighted by molar-refractivity contribution is -0.137. The molecule has 108 valence electrons. The minimum absolute atomic E-state index is 0.0171. The summed E-state index contributed by atoms with van der Waals surface area (Å²) in [6.07, 6.45) is 2.47. The molecule has 0 aromatic heterocycles. The predicted molar refractivity (Wildman–Crippen MR) is 67.6 cm³/mol. The molecule has 0 radical (unpaired) electrons. The third-order valence-corrected chi connectivity index (χ3v) is 5.15. The van der Waals surface area contributed by atoms with E-state index in [1.54, 1.807) is 0 Å². The average Bonchev–Trinajstić information content (AvgIpc) is 3.12. The first kappa shape index (κ1) is 14.1. The molecule has 1 heterocycles. The van der Waals surface area contributed by atoms with Crippen LogP contribution in [0.15, 0.2) is 0 Å². The van der Waals surface area contributed by atoms with Crippen molar-refractivity contribution in [1.82, 2.24) is 10.2 Å². The van der Waals surface area contributed by atoms with Gasteiger partial charge in [0.2, 0.25) is 0 Å². The summed E-state index contributed by atoms with van der Waals surface area (Å²) in [4.78, 5) is 24.0. The second-order valence-electron chi connectivity index (χ2n) is 5.13. The van der Waals surface area contributed by atoms with Gasteiger partial charge in [0.25, 0.3) is 0 Å². The van der Waals surface area contributed by atoms with E-state index in [2.05, 4.69) is 5.32 Å². The number of amides is 2. The van der Waals surface area contributed by atoms with Gasteiger partial charge in [0, 0.05) is 12.1 Å². The zero-order chi connectivity index (χ0) is 14.0. The highest BCUT2D eigenvalue weighted by Gasteiger charge is 2.35. The van der Waals surface area contributed by atoms with Crippen LogP contribution in [0.25, 0.3) is 0 Å². The van der Waals surface area contributed by atoms with Gasteiger partial charge in [-0.15, -0.1) is 0 Å². The molecule has 0 aromatic rings. The topological polar surface area (TPSA) is 104 Å². The van der Waals surface area contributed by atoms with Crippen LogP contribution in [0.4, 0.5) is 4.79 Å². The molecule has 19 heavy (non-hydrogen) atoms. The van der Waals surface area contributed by atoms with Crippen molar-refractivity contribution >= 4 is 21.8 Å². The molecular weight excluding hydrogens is 272 g/mol. The molecule has 1 aliphatic heterocycles. The first-order chi connectivity index (χ1) is 8.87. The third-order valence-electron chi connectivity index (χ3n) is 3.44. The van der Waals surface area contributed by atoms with Gasteiger partial charge in [0.1, 0.15) is 16.4 Å². The van der Waals surface area contributed by atoms with E-state index < -0.39 is 21.8 Å². The molecule has 2 amide bonds. The Balaban J connectivity index is 1.87. The van der Waals surface area contributed by atoms with E-state index in [9.17, 15) is 18.0 Å². The van der Waals surface area contributed by atoms with Gasteiger partial charge in [0.15, 0.2) is 0 Å². The third kappa shape index (κ3) is 4.09. The van der Waals surface area contributed by atoms with Crippen molar-refractivity contribution in [2.45, 2.75) is 37.8 Å². The zero-order valence-corrected chi connectivity index (χ0v) is 11.4. The van der Waals surface area contributed by atoms with Gasteiger partial charge in [-0.1, -0.05) is 0 Å². The molecule has 2 N–H and O–H groups in total. The molecule has 0 spiro atoms. The summed E-state index contributed by atoms with van der Waals surface area (Å²) in [7, 11) is -2.95. The number of aliphatic carboxylic acids is 1. The van der Waals surface area contributed by atoms with E-state index in [0.717, 1.165) is 12.8 Å². The Morgan fingerprint density at radius 2 is 1.74 bits per heavy atom. The lowest BCUT2D eigenvalue weighted by Gasteiger charge is -2.27. The number of rotatable bonds is 4. The second-order valence-corrected chi connectivity index (χ2v) is 7.43. The molecule has 8 heteroatoms. The molecule has 1 saturated carbocycles. The van der Waals surface area contributed by atoms with Gasteiger partial charge in [-0.2, -0.15) is 0 Å². The Morgan fingerprint density at radius 1 is 1.16 bits per heavy atom. The van der Waals surface area contributed by atoms with Crippen molar-refractivity contribution in [3.8, 4) is 0 Å². The smallest absolute Gasteiger partial charge is 0.323 e. The Morgan fingerprint density at radius 3 is 2.21 bits per heavy atom. The average molecular weight is 290 g/mol. The molecule has 2 rings (SSSR count). The molecule has 1 saturated heterocycles. The zero-order valence-electron chi connectivity index (χ0n) is 10.5. The number of hydrogen-bond donors (Lipinski definition) is 2. The molecule has 2 fully saturated rings. The van der Waals surface area contributed by atoms with Crippen LogP contribution >= 0.6 is 0 Å². The molecule has 0 aromatic carbocycles. The summed E-state index contributed by atoms with van der Waals surface area (Å²) in [6, 6.07) is -0.552. The van der Waals surface area contributed by atoms with Gasteiger partial charge in [-0.25, -0.2) is 13.2 Å². The summed E-state index contributed by atoms with van der Waals surface area (Å²) < 4.78 is 22.6. The first-order valence-corrected chi connectivity index (χ1v) is 8.19.